The number of carbonyl (C=O) groups is 2. The summed E-state index contributed by atoms with van der Waals surface area (Å²) in [5.74, 6) is -0.123. The second-order valence-corrected chi connectivity index (χ2v) is 3.22. The maximum Gasteiger partial charge on any atom is 0.339 e. The van der Waals surface area contributed by atoms with Gasteiger partial charge in [-0.15, -0.1) is 0 Å². The van der Waals surface area contributed by atoms with E-state index in [1.54, 1.807) is 13.8 Å². The predicted octanol–water partition coefficient (Wildman–Crippen LogP) is 0.107. The van der Waals surface area contributed by atoms with E-state index in [4.69, 9.17) is 9.52 Å². The standard InChI is InChI=1S/C9H13N3O5/c1-5-6(2)17-7(11-5)3-10-9(15)12-16-4-8(13)14/h3-4H2,1-2H3,(H,13,14)(H2,10,12,15). The molecule has 0 unspecified atom stereocenters. The molecule has 0 bridgehead atoms. The van der Waals surface area contributed by atoms with Gasteiger partial charge in [0.2, 0.25) is 5.89 Å². The molecular weight excluding hydrogens is 230 g/mol. The Labute approximate surface area is 96.9 Å². The van der Waals surface area contributed by atoms with Crippen molar-refractivity contribution in [2.45, 2.75) is 20.4 Å². The Morgan fingerprint density at radius 3 is 2.71 bits per heavy atom. The largest absolute Gasteiger partial charge is 0.479 e. The number of hydrogen-bond acceptors (Lipinski definition) is 5. The number of hydroxylamine groups is 1. The van der Waals surface area contributed by atoms with Crippen molar-refractivity contribution in [2.24, 2.45) is 0 Å². The summed E-state index contributed by atoms with van der Waals surface area (Å²) in [7, 11) is 0. The molecule has 0 saturated heterocycles. The Kier molecular flexibility index (Phi) is 4.46. The Morgan fingerprint density at radius 2 is 2.18 bits per heavy atom. The van der Waals surface area contributed by atoms with E-state index in [-0.39, 0.29) is 6.54 Å². The number of urea groups is 1. The molecule has 1 aromatic rings. The number of rotatable bonds is 5. The Morgan fingerprint density at radius 1 is 1.47 bits per heavy atom. The molecule has 0 aromatic carbocycles. The number of carboxylic acid groups (broad SMARTS) is 1. The molecule has 0 radical (unpaired) electrons. The molecule has 0 saturated carbocycles. The number of amides is 2. The second kappa shape index (κ2) is 5.85. The third-order valence-electron chi connectivity index (χ3n) is 1.83. The highest BCUT2D eigenvalue weighted by Gasteiger charge is 2.07. The minimum absolute atomic E-state index is 0.0942. The number of carboxylic acids is 1. The summed E-state index contributed by atoms with van der Waals surface area (Å²) >= 11 is 0. The van der Waals surface area contributed by atoms with Gasteiger partial charge in [0.25, 0.3) is 0 Å². The second-order valence-electron chi connectivity index (χ2n) is 3.22. The van der Waals surface area contributed by atoms with Crippen LogP contribution < -0.4 is 10.8 Å². The molecule has 1 aromatic heterocycles. The first-order valence-corrected chi connectivity index (χ1v) is 4.79. The lowest BCUT2D eigenvalue weighted by molar-refractivity contribution is -0.144. The lowest BCUT2D eigenvalue weighted by Crippen LogP contribution is -2.36. The zero-order valence-electron chi connectivity index (χ0n) is 9.44. The van der Waals surface area contributed by atoms with Gasteiger partial charge < -0.3 is 14.8 Å². The minimum Gasteiger partial charge on any atom is -0.479 e. The zero-order chi connectivity index (χ0) is 12.8. The normalized spacial score (nSPS) is 10.0. The minimum atomic E-state index is -1.18. The number of nitrogens with one attached hydrogen (secondary N) is 2. The first-order valence-electron chi connectivity index (χ1n) is 4.79. The third-order valence-corrected chi connectivity index (χ3v) is 1.83. The molecule has 0 aliphatic rings. The van der Waals surface area contributed by atoms with Crippen molar-refractivity contribution in [3.05, 3.63) is 17.3 Å². The van der Waals surface area contributed by atoms with Crippen molar-refractivity contribution < 1.29 is 24.0 Å². The van der Waals surface area contributed by atoms with E-state index in [1.807, 2.05) is 5.48 Å². The molecule has 8 nitrogen and oxygen atoms in total. The van der Waals surface area contributed by atoms with Crippen LogP contribution in [-0.4, -0.2) is 28.7 Å². The number of aryl methyl sites for hydroxylation is 2. The highest BCUT2D eigenvalue weighted by Crippen LogP contribution is 2.07. The Hall–Kier alpha value is -2.09. The maximum atomic E-state index is 11.1. The van der Waals surface area contributed by atoms with E-state index < -0.39 is 18.6 Å². The fourth-order valence-electron chi connectivity index (χ4n) is 0.970. The van der Waals surface area contributed by atoms with Crippen LogP contribution >= 0.6 is 0 Å². The molecule has 0 aliphatic carbocycles. The first kappa shape index (κ1) is 13.0. The highest BCUT2D eigenvalue weighted by molar-refractivity contribution is 5.73. The Balaban J connectivity index is 2.26. The van der Waals surface area contributed by atoms with E-state index >= 15 is 0 Å². The molecule has 0 aliphatic heterocycles. The molecule has 0 atom stereocenters. The van der Waals surface area contributed by atoms with Crippen LogP contribution in [0.25, 0.3) is 0 Å². The molecule has 0 spiro atoms. The topological polar surface area (TPSA) is 114 Å². The van der Waals surface area contributed by atoms with Gasteiger partial charge in [-0.05, 0) is 13.8 Å². The van der Waals surface area contributed by atoms with Crippen LogP contribution in [-0.2, 0) is 16.2 Å². The lowest BCUT2D eigenvalue weighted by atomic mass is 10.4. The van der Waals surface area contributed by atoms with E-state index in [1.165, 1.54) is 0 Å². The molecule has 17 heavy (non-hydrogen) atoms. The average molecular weight is 243 g/mol. The van der Waals surface area contributed by atoms with Crippen molar-refractivity contribution in [2.75, 3.05) is 6.61 Å². The van der Waals surface area contributed by atoms with Gasteiger partial charge in [-0.2, -0.15) is 0 Å². The van der Waals surface area contributed by atoms with Crippen LogP contribution in [0, 0.1) is 13.8 Å². The number of aliphatic carboxylic acids is 1. The van der Waals surface area contributed by atoms with E-state index in [9.17, 15) is 9.59 Å². The van der Waals surface area contributed by atoms with Gasteiger partial charge in [0.15, 0.2) is 6.61 Å². The summed E-state index contributed by atoms with van der Waals surface area (Å²) < 4.78 is 5.22. The number of nitrogens with zero attached hydrogens (tertiary/aromatic N) is 1. The number of hydrogen-bond donors (Lipinski definition) is 3. The van der Waals surface area contributed by atoms with E-state index in [0.717, 1.165) is 5.69 Å². The average Bonchev–Trinajstić information content (AvgIpc) is 2.55. The highest BCUT2D eigenvalue weighted by atomic mass is 16.7. The fraction of sp³-hybridized carbons (Fsp3) is 0.444. The smallest absolute Gasteiger partial charge is 0.339 e. The molecule has 1 rings (SSSR count). The Bertz CT molecular complexity index is 395. The van der Waals surface area contributed by atoms with Crippen LogP contribution in [0.2, 0.25) is 0 Å². The fourth-order valence-corrected chi connectivity index (χ4v) is 0.970. The van der Waals surface area contributed by atoms with Gasteiger partial charge in [-0.1, -0.05) is 0 Å². The molecule has 94 valence electrons. The summed E-state index contributed by atoms with van der Waals surface area (Å²) in [5.41, 5.74) is 2.66. The third kappa shape index (κ3) is 4.51. The van der Waals surface area contributed by atoms with Crippen molar-refractivity contribution >= 4 is 12.0 Å². The van der Waals surface area contributed by atoms with Crippen molar-refractivity contribution in [3.63, 3.8) is 0 Å². The van der Waals surface area contributed by atoms with E-state index in [0.29, 0.717) is 11.7 Å². The first-order chi connectivity index (χ1) is 7.99. The molecule has 0 fully saturated rings. The van der Waals surface area contributed by atoms with Gasteiger partial charge in [-0.3, -0.25) is 4.84 Å². The quantitative estimate of drug-likeness (QED) is 0.632. The van der Waals surface area contributed by atoms with Gasteiger partial charge >= 0.3 is 12.0 Å². The maximum absolute atomic E-state index is 11.1. The number of oxazole rings is 1. The van der Waals surface area contributed by atoms with Gasteiger partial charge in [0, 0.05) is 0 Å². The number of aromatic nitrogens is 1. The summed E-state index contributed by atoms with van der Waals surface area (Å²) in [4.78, 5) is 29.6. The summed E-state index contributed by atoms with van der Waals surface area (Å²) in [6.07, 6.45) is 0. The molecular formula is C9H13N3O5. The van der Waals surface area contributed by atoms with Crippen molar-refractivity contribution in [3.8, 4) is 0 Å². The molecule has 1 heterocycles. The van der Waals surface area contributed by atoms with Crippen LogP contribution in [0.1, 0.15) is 17.3 Å². The monoisotopic (exact) mass is 243 g/mol. The van der Waals surface area contributed by atoms with Crippen molar-refractivity contribution in [1.82, 2.24) is 15.8 Å². The van der Waals surface area contributed by atoms with Gasteiger partial charge in [0.05, 0.1) is 12.2 Å². The lowest BCUT2D eigenvalue weighted by Gasteiger charge is -2.04. The molecule has 2 amide bonds. The summed E-state index contributed by atoms with van der Waals surface area (Å²) in [6.45, 7) is 3.04. The van der Waals surface area contributed by atoms with Gasteiger partial charge in [0.1, 0.15) is 5.76 Å². The number of carbonyl (C=O) groups excluding carboxylic acids is 1. The van der Waals surface area contributed by atoms with Crippen LogP contribution in [0.4, 0.5) is 4.79 Å². The summed E-state index contributed by atoms with van der Waals surface area (Å²) in [6, 6.07) is -0.667. The van der Waals surface area contributed by atoms with Crippen molar-refractivity contribution in [1.29, 1.82) is 0 Å². The van der Waals surface area contributed by atoms with Gasteiger partial charge in [-0.25, -0.2) is 20.1 Å². The molecule has 3 N–H and O–H groups in total. The van der Waals surface area contributed by atoms with E-state index in [2.05, 4.69) is 15.1 Å². The summed E-state index contributed by atoms with van der Waals surface area (Å²) in [5, 5.41) is 10.6. The van der Waals surface area contributed by atoms with Crippen LogP contribution in [0.3, 0.4) is 0 Å². The SMILES string of the molecule is Cc1nc(CNC(=O)NOCC(=O)O)oc1C. The predicted molar refractivity (Wildman–Crippen MR) is 54.9 cm³/mol. The molecule has 8 heteroatoms. The van der Waals surface area contributed by atoms with Crippen LogP contribution in [0.5, 0.6) is 0 Å². The zero-order valence-corrected chi connectivity index (χ0v) is 9.44. The van der Waals surface area contributed by atoms with Crippen LogP contribution in [0.15, 0.2) is 4.42 Å².